The summed E-state index contributed by atoms with van der Waals surface area (Å²) in [4.78, 5) is 18.4. The van der Waals surface area contributed by atoms with Crippen LogP contribution in [0.5, 0.6) is 0 Å². The Balaban J connectivity index is 1.26. The molecule has 0 N–H and O–H groups in total. The Kier molecular flexibility index (Phi) is 5.85. The quantitative estimate of drug-likeness (QED) is 0.627. The standard InChI is InChI=1S/C23H26N2OS/c26-23(12-4-9-21-10-5-17-27-21)25-15-13-24(14-16-25)18-20-8-3-7-19-6-1-2-11-22(19)20/h1-3,5-8,10-11,17H,4,9,12-16,18H2. The summed E-state index contributed by atoms with van der Waals surface area (Å²) in [5, 5.41) is 4.74. The molecule has 0 radical (unpaired) electrons. The highest BCUT2D eigenvalue weighted by Gasteiger charge is 2.21. The highest BCUT2D eigenvalue weighted by atomic mass is 32.1. The lowest BCUT2D eigenvalue weighted by Gasteiger charge is -2.35. The summed E-state index contributed by atoms with van der Waals surface area (Å²) >= 11 is 1.78. The molecule has 1 aliphatic rings. The van der Waals surface area contributed by atoms with Gasteiger partial charge in [0.2, 0.25) is 5.91 Å². The zero-order chi connectivity index (χ0) is 18.5. The van der Waals surface area contributed by atoms with Gasteiger partial charge in [-0.3, -0.25) is 9.69 Å². The van der Waals surface area contributed by atoms with E-state index in [4.69, 9.17) is 0 Å². The Morgan fingerprint density at radius 1 is 0.926 bits per heavy atom. The Bertz CT molecular complexity index is 877. The number of thiophene rings is 1. The molecule has 2 aromatic carbocycles. The topological polar surface area (TPSA) is 23.6 Å². The minimum atomic E-state index is 0.316. The van der Waals surface area contributed by atoms with Crippen molar-refractivity contribution < 1.29 is 4.79 Å². The van der Waals surface area contributed by atoms with Gasteiger partial charge in [-0.05, 0) is 40.6 Å². The molecular weight excluding hydrogens is 352 g/mol. The van der Waals surface area contributed by atoms with Gasteiger partial charge in [0, 0.05) is 44.0 Å². The van der Waals surface area contributed by atoms with Crippen LogP contribution in [0.1, 0.15) is 23.3 Å². The van der Waals surface area contributed by atoms with Crippen LogP contribution in [0.15, 0.2) is 60.0 Å². The minimum Gasteiger partial charge on any atom is -0.340 e. The summed E-state index contributed by atoms with van der Waals surface area (Å²) in [6, 6.07) is 19.4. The first kappa shape index (κ1) is 18.2. The molecule has 4 rings (SSSR count). The number of carbonyl (C=O) groups is 1. The summed E-state index contributed by atoms with van der Waals surface area (Å²) in [6.45, 7) is 4.58. The number of nitrogens with zero attached hydrogens (tertiary/aromatic N) is 2. The van der Waals surface area contributed by atoms with Crippen molar-refractivity contribution in [3.05, 3.63) is 70.4 Å². The van der Waals surface area contributed by atoms with Crippen LogP contribution in [0.2, 0.25) is 0 Å². The lowest BCUT2D eigenvalue weighted by atomic mass is 10.0. The number of benzene rings is 2. The van der Waals surface area contributed by atoms with Gasteiger partial charge in [-0.15, -0.1) is 11.3 Å². The molecule has 0 saturated carbocycles. The Morgan fingerprint density at radius 2 is 1.74 bits per heavy atom. The van der Waals surface area contributed by atoms with E-state index in [9.17, 15) is 4.79 Å². The van der Waals surface area contributed by atoms with Crippen molar-refractivity contribution in [3.8, 4) is 0 Å². The van der Waals surface area contributed by atoms with Crippen LogP contribution in [0.3, 0.4) is 0 Å². The second-order valence-electron chi connectivity index (χ2n) is 7.23. The number of aryl methyl sites for hydroxylation is 1. The van der Waals surface area contributed by atoms with Gasteiger partial charge in [0.25, 0.3) is 0 Å². The van der Waals surface area contributed by atoms with Crippen molar-refractivity contribution in [1.82, 2.24) is 9.80 Å². The number of fused-ring (bicyclic) bond motifs is 1. The van der Waals surface area contributed by atoms with E-state index in [1.54, 1.807) is 11.3 Å². The monoisotopic (exact) mass is 378 g/mol. The first-order chi connectivity index (χ1) is 13.3. The van der Waals surface area contributed by atoms with Gasteiger partial charge in [-0.2, -0.15) is 0 Å². The van der Waals surface area contributed by atoms with E-state index in [1.807, 2.05) is 4.90 Å². The average Bonchev–Trinajstić information content (AvgIpc) is 3.22. The predicted octanol–water partition coefficient (Wildman–Crippen LogP) is 4.57. The molecule has 1 amide bonds. The lowest BCUT2D eigenvalue weighted by molar-refractivity contribution is -0.133. The van der Waals surface area contributed by atoms with E-state index in [2.05, 4.69) is 64.9 Å². The zero-order valence-corrected chi connectivity index (χ0v) is 16.5. The molecule has 1 aliphatic heterocycles. The van der Waals surface area contributed by atoms with Crippen LogP contribution in [0.25, 0.3) is 10.8 Å². The Hall–Kier alpha value is -2.17. The molecule has 0 aliphatic carbocycles. The van der Waals surface area contributed by atoms with Gasteiger partial charge >= 0.3 is 0 Å². The largest absolute Gasteiger partial charge is 0.340 e. The van der Waals surface area contributed by atoms with Crippen LogP contribution < -0.4 is 0 Å². The number of hydrogen-bond acceptors (Lipinski definition) is 3. The highest BCUT2D eigenvalue weighted by Crippen LogP contribution is 2.21. The molecule has 2 heterocycles. The predicted molar refractivity (Wildman–Crippen MR) is 113 cm³/mol. The molecule has 1 saturated heterocycles. The van der Waals surface area contributed by atoms with E-state index in [0.717, 1.165) is 45.6 Å². The van der Waals surface area contributed by atoms with E-state index in [1.165, 1.54) is 21.2 Å². The first-order valence-electron chi connectivity index (χ1n) is 9.79. The molecule has 27 heavy (non-hydrogen) atoms. The third kappa shape index (κ3) is 4.57. The van der Waals surface area contributed by atoms with Crippen LogP contribution >= 0.6 is 11.3 Å². The molecule has 0 unspecified atom stereocenters. The highest BCUT2D eigenvalue weighted by molar-refractivity contribution is 7.09. The fourth-order valence-corrected chi connectivity index (χ4v) is 4.60. The SMILES string of the molecule is O=C(CCCc1cccs1)N1CCN(Cc2cccc3ccccc23)CC1. The van der Waals surface area contributed by atoms with E-state index < -0.39 is 0 Å². The third-order valence-corrected chi connectivity index (χ3v) is 6.33. The third-order valence-electron chi connectivity index (χ3n) is 5.39. The normalized spacial score (nSPS) is 15.3. The second kappa shape index (κ2) is 8.68. The number of hydrogen-bond donors (Lipinski definition) is 0. The molecule has 1 aromatic heterocycles. The fraction of sp³-hybridized carbons (Fsp3) is 0.348. The maximum absolute atomic E-state index is 12.5. The molecule has 0 atom stereocenters. The summed E-state index contributed by atoms with van der Waals surface area (Å²) < 4.78 is 0. The summed E-state index contributed by atoms with van der Waals surface area (Å²) in [6.07, 6.45) is 2.64. The van der Waals surface area contributed by atoms with Crippen LogP contribution in [0.4, 0.5) is 0 Å². The van der Waals surface area contributed by atoms with Crippen molar-refractivity contribution in [2.45, 2.75) is 25.8 Å². The van der Waals surface area contributed by atoms with Crippen LogP contribution in [0, 0.1) is 0 Å². The number of amides is 1. The van der Waals surface area contributed by atoms with Crippen molar-refractivity contribution in [3.63, 3.8) is 0 Å². The Labute approximate surface area is 165 Å². The molecule has 3 nitrogen and oxygen atoms in total. The number of carbonyl (C=O) groups excluding carboxylic acids is 1. The van der Waals surface area contributed by atoms with Gasteiger partial charge in [0.15, 0.2) is 0 Å². The molecule has 4 heteroatoms. The van der Waals surface area contributed by atoms with Gasteiger partial charge in [0.1, 0.15) is 0 Å². The van der Waals surface area contributed by atoms with Gasteiger partial charge in [-0.1, -0.05) is 48.5 Å². The first-order valence-corrected chi connectivity index (χ1v) is 10.7. The number of rotatable bonds is 6. The maximum atomic E-state index is 12.5. The number of piperazine rings is 1. The summed E-state index contributed by atoms with van der Waals surface area (Å²) in [5.74, 6) is 0.316. The minimum absolute atomic E-state index is 0.316. The van der Waals surface area contributed by atoms with Crippen LogP contribution in [-0.4, -0.2) is 41.9 Å². The van der Waals surface area contributed by atoms with Gasteiger partial charge in [-0.25, -0.2) is 0 Å². The molecule has 0 spiro atoms. The average molecular weight is 379 g/mol. The summed E-state index contributed by atoms with van der Waals surface area (Å²) in [5.41, 5.74) is 1.38. The van der Waals surface area contributed by atoms with Crippen molar-refractivity contribution in [2.24, 2.45) is 0 Å². The fourth-order valence-electron chi connectivity index (χ4n) is 3.85. The zero-order valence-electron chi connectivity index (χ0n) is 15.6. The van der Waals surface area contributed by atoms with Crippen molar-refractivity contribution in [2.75, 3.05) is 26.2 Å². The smallest absolute Gasteiger partial charge is 0.222 e. The molecule has 140 valence electrons. The summed E-state index contributed by atoms with van der Waals surface area (Å²) in [7, 11) is 0. The molecule has 1 fully saturated rings. The Morgan fingerprint density at radius 3 is 2.56 bits per heavy atom. The second-order valence-corrected chi connectivity index (χ2v) is 8.26. The maximum Gasteiger partial charge on any atom is 0.222 e. The molecular formula is C23H26N2OS. The molecule has 0 bridgehead atoms. The molecule has 3 aromatic rings. The van der Waals surface area contributed by atoms with E-state index in [0.29, 0.717) is 12.3 Å². The van der Waals surface area contributed by atoms with Crippen molar-refractivity contribution in [1.29, 1.82) is 0 Å². The van der Waals surface area contributed by atoms with Gasteiger partial charge in [0.05, 0.1) is 0 Å². The van der Waals surface area contributed by atoms with Crippen LogP contribution in [-0.2, 0) is 17.8 Å². The van der Waals surface area contributed by atoms with Crippen molar-refractivity contribution >= 4 is 28.0 Å². The van der Waals surface area contributed by atoms with E-state index >= 15 is 0 Å². The van der Waals surface area contributed by atoms with E-state index in [-0.39, 0.29) is 0 Å². The van der Waals surface area contributed by atoms with Gasteiger partial charge < -0.3 is 4.90 Å². The lowest BCUT2D eigenvalue weighted by Crippen LogP contribution is -2.48.